The van der Waals surface area contributed by atoms with Crippen LogP contribution in [0.5, 0.6) is 0 Å². The summed E-state index contributed by atoms with van der Waals surface area (Å²) < 4.78 is 47.5. The van der Waals surface area contributed by atoms with E-state index in [0.717, 1.165) is 30.0 Å². The van der Waals surface area contributed by atoms with Crippen molar-refractivity contribution >= 4 is 29.0 Å². The smallest absolute Gasteiger partial charge is 0.456 e. The largest absolute Gasteiger partial charge is 0.673 e. The van der Waals surface area contributed by atoms with Gasteiger partial charge in [0, 0.05) is 17.0 Å². The van der Waals surface area contributed by atoms with Crippen molar-refractivity contribution in [3.63, 3.8) is 0 Å². The highest BCUT2D eigenvalue weighted by Crippen LogP contribution is 2.31. The first-order chi connectivity index (χ1) is 13.3. The molecule has 7 heteroatoms. The average molecular weight is 389 g/mol. The zero-order valence-electron chi connectivity index (χ0n) is 15.6. The second kappa shape index (κ2) is 8.04. The first-order valence-electron chi connectivity index (χ1n) is 9.10. The summed E-state index contributed by atoms with van der Waals surface area (Å²) in [6.45, 7) is 6.36. The molecule has 0 saturated heterocycles. The highest BCUT2D eigenvalue weighted by atomic mass is 19.5. The number of benzene rings is 3. The Labute approximate surface area is 160 Å². The van der Waals surface area contributed by atoms with E-state index in [0.29, 0.717) is 0 Å². The predicted molar refractivity (Wildman–Crippen MR) is 107 cm³/mol. The lowest BCUT2D eigenvalue weighted by Crippen LogP contribution is -2.29. The van der Waals surface area contributed by atoms with Crippen LogP contribution in [0.1, 0.15) is 13.8 Å². The second-order valence-electron chi connectivity index (χ2n) is 6.33. The Bertz CT molecular complexity index is 1140. The number of fused-ring (bicyclic) bond motifs is 4. The molecule has 2 aliphatic rings. The highest BCUT2D eigenvalue weighted by molar-refractivity contribution is 6.50. The Balaban J connectivity index is 0.000000403. The van der Waals surface area contributed by atoms with Gasteiger partial charge in [0.25, 0.3) is 0 Å². The fraction of sp³-hybridized carbons (Fsp3) is 0.190. The van der Waals surface area contributed by atoms with E-state index in [1.54, 1.807) is 0 Å². The van der Waals surface area contributed by atoms with E-state index in [2.05, 4.69) is 79.1 Å². The molecule has 0 saturated carbocycles. The van der Waals surface area contributed by atoms with Gasteiger partial charge in [-0.25, -0.2) is 4.58 Å². The Hall–Kier alpha value is -2.83. The van der Waals surface area contributed by atoms with E-state index in [-0.39, 0.29) is 0 Å². The molecule has 0 atom stereocenters. The lowest BCUT2D eigenvalue weighted by molar-refractivity contribution is 0.368. The SMILES string of the molecule is CC[N+](CC)=c1ccc2cc3c(ccc4ccccc43)oc-2c1.F[B-](F)(F)F. The summed E-state index contributed by atoms with van der Waals surface area (Å²) in [7, 11) is -6.00. The lowest BCUT2D eigenvalue weighted by atomic mass is 10.0. The van der Waals surface area contributed by atoms with Crippen molar-refractivity contribution in [3.05, 3.63) is 66.0 Å². The van der Waals surface area contributed by atoms with E-state index in [4.69, 9.17) is 4.42 Å². The van der Waals surface area contributed by atoms with E-state index in [1.165, 1.54) is 21.5 Å². The van der Waals surface area contributed by atoms with E-state index < -0.39 is 7.25 Å². The van der Waals surface area contributed by atoms with Crippen molar-refractivity contribution in [1.82, 2.24) is 4.58 Å². The van der Waals surface area contributed by atoms with Crippen LogP contribution in [0, 0.1) is 0 Å². The molecule has 4 rings (SSSR count). The topological polar surface area (TPSA) is 16.1 Å². The molecule has 0 unspecified atom stereocenters. The van der Waals surface area contributed by atoms with Crippen molar-refractivity contribution in [3.8, 4) is 11.3 Å². The summed E-state index contributed by atoms with van der Waals surface area (Å²) in [5, 5.41) is 4.87. The molecule has 28 heavy (non-hydrogen) atoms. The van der Waals surface area contributed by atoms with Crippen LogP contribution in [0.25, 0.3) is 33.1 Å². The Morgan fingerprint density at radius 2 is 1.50 bits per heavy atom. The molecule has 0 bridgehead atoms. The van der Waals surface area contributed by atoms with Crippen molar-refractivity contribution in [2.45, 2.75) is 13.8 Å². The van der Waals surface area contributed by atoms with Crippen LogP contribution in [0.15, 0.2) is 65.1 Å². The summed E-state index contributed by atoms with van der Waals surface area (Å²) in [5.41, 5.74) is 2.08. The van der Waals surface area contributed by atoms with Gasteiger partial charge in [0.1, 0.15) is 24.4 Å². The second-order valence-corrected chi connectivity index (χ2v) is 6.33. The van der Waals surface area contributed by atoms with Crippen molar-refractivity contribution in [1.29, 1.82) is 0 Å². The molecule has 146 valence electrons. The quantitative estimate of drug-likeness (QED) is 0.139. The lowest BCUT2D eigenvalue weighted by Gasteiger charge is -2.09. The number of rotatable bonds is 2. The minimum absolute atomic E-state index is 0.938. The van der Waals surface area contributed by atoms with Crippen LogP contribution in [-0.2, 0) is 0 Å². The van der Waals surface area contributed by atoms with Gasteiger partial charge in [-0.15, -0.1) is 0 Å². The van der Waals surface area contributed by atoms with Gasteiger partial charge in [-0.05, 0) is 42.8 Å². The van der Waals surface area contributed by atoms with E-state index in [1.807, 2.05) is 0 Å². The Morgan fingerprint density at radius 1 is 0.821 bits per heavy atom. The molecule has 2 nitrogen and oxygen atoms in total. The molecule has 0 N–H and O–H groups in total. The first kappa shape index (κ1) is 19.9. The molecular formula is C21H20BF4NO. The number of hydrogen-bond donors (Lipinski definition) is 0. The molecular weight excluding hydrogens is 369 g/mol. The van der Waals surface area contributed by atoms with Crippen molar-refractivity contribution in [2.24, 2.45) is 0 Å². The molecule has 0 spiro atoms. The summed E-state index contributed by atoms with van der Waals surface area (Å²) in [6.07, 6.45) is 0. The molecule has 2 aromatic carbocycles. The molecule has 0 amide bonds. The molecule has 0 radical (unpaired) electrons. The van der Waals surface area contributed by atoms with Crippen LogP contribution < -0.4 is 9.93 Å². The van der Waals surface area contributed by atoms with Crippen LogP contribution in [0.2, 0.25) is 0 Å². The summed E-state index contributed by atoms with van der Waals surface area (Å²) in [5.74, 6) is 0.942. The van der Waals surface area contributed by atoms with Gasteiger partial charge in [0.05, 0.1) is 6.07 Å². The van der Waals surface area contributed by atoms with Gasteiger partial charge in [-0.3, -0.25) is 0 Å². The van der Waals surface area contributed by atoms with Crippen molar-refractivity contribution in [2.75, 3.05) is 13.1 Å². The van der Waals surface area contributed by atoms with E-state index in [9.17, 15) is 17.3 Å². The Kier molecular flexibility index (Phi) is 5.72. The number of nitrogens with zero attached hydrogens (tertiary/aromatic N) is 1. The third-order valence-corrected chi connectivity index (χ3v) is 4.58. The number of hydrogen-bond acceptors (Lipinski definition) is 1. The summed E-state index contributed by atoms with van der Waals surface area (Å²) in [6, 6.07) is 21.4. The third kappa shape index (κ3) is 4.53. The number of halogens is 4. The minimum atomic E-state index is -6.00. The molecule has 2 aromatic rings. The standard InChI is InChI=1S/C21H20NO.BF4/c1-3-22(4-2)17-11-9-16-13-19-18-8-6-5-7-15(18)10-12-20(19)23-21(16)14-17;2-1(3,4)5/h5-14H,3-4H2,1-2H3;/q+1;-1. The zero-order chi connectivity index (χ0) is 20.3. The normalized spacial score (nSPS) is 11.5. The van der Waals surface area contributed by atoms with E-state index >= 15 is 0 Å². The van der Waals surface area contributed by atoms with Gasteiger partial charge in [0.2, 0.25) is 5.36 Å². The maximum Gasteiger partial charge on any atom is 0.673 e. The fourth-order valence-corrected chi connectivity index (χ4v) is 3.30. The van der Waals surface area contributed by atoms with Gasteiger partial charge < -0.3 is 21.7 Å². The minimum Gasteiger partial charge on any atom is -0.456 e. The molecule has 0 aromatic heterocycles. The molecule has 1 aliphatic carbocycles. The van der Waals surface area contributed by atoms with Crippen molar-refractivity contribution < 1.29 is 21.7 Å². The predicted octanol–water partition coefficient (Wildman–Crippen LogP) is 5.80. The van der Waals surface area contributed by atoms with Gasteiger partial charge >= 0.3 is 7.25 Å². The molecule has 1 aliphatic heterocycles. The van der Waals surface area contributed by atoms with Crippen LogP contribution in [0.3, 0.4) is 0 Å². The van der Waals surface area contributed by atoms with Crippen LogP contribution in [-0.4, -0.2) is 20.3 Å². The maximum atomic E-state index is 9.75. The summed E-state index contributed by atoms with van der Waals surface area (Å²) in [4.78, 5) is 0. The Morgan fingerprint density at radius 3 is 2.18 bits per heavy atom. The van der Waals surface area contributed by atoms with Crippen LogP contribution in [0.4, 0.5) is 17.3 Å². The highest BCUT2D eigenvalue weighted by Gasteiger charge is 2.20. The van der Waals surface area contributed by atoms with Crippen LogP contribution >= 0.6 is 0 Å². The first-order valence-corrected chi connectivity index (χ1v) is 9.10. The molecule has 1 heterocycles. The fourth-order valence-electron chi connectivity index (χ4n) is 3.30. The maximum absolute atomic E-state index is 9.75. The van der Waals surface area contributed by atoms with Gasteiger partial charge in [-0.2, -0.15) is 0 Å². The zero-order valence-corrected chi connectivity index (χ0v) is 15.6. The average Bonchev–Trinajstić information content (AvgIpc) is 2.66. The van der Waals surface area contributed by atoms with Gasteiger partial charge in [0.15, 0.2) is 0 Å². The monoisotopic (exact) mass is 389 g/mol. The summed E-state index contributed by atoms with van der Waals surface area (Å²) >= 11 is 0. The third-order valence-electron chi connectivity index (χ3n) is 4.58. The molecule has 0 fully saturated rings. The van der Waals surface area contributed by atoms with Gasteiger partial charge in [-0.1, -0.05) is 30.3 Å².